The summed E-state index contributed by atoms with van der Waals surface area (Å²) in [5.74, 6) is 2.10. The van der Waals surface area contributed by atoms with E-state index in [1.165, 1.54) is 36.8 Å². The third-order valence-electron chi connectivity index (χ3n) is 6.05. The van der Waals surface area contributed by atoms with Gasteiger partial charge in [0.25, 0.3) is 0 Å². The van der Waals surface area contributed by atoms with Crippen molar-refractivity contribution in [1.29, 1.82) is 0 Å². The van der Waals surface area contributed by atoms with E-state index in [2.05, 4.69) is 29.6 Å². The van der Waals surface area contributed by atoms with E-state index in [4.69, 9.17) is 0 Å². The molecule has 0 aromatic heterocycles. The summed E-state index contributed by atoms with van der Waals surface area (Å²) >= 11 is 0. The number of aliphatic hydroxyl groups is 1. The van der Waals surface area contributed by atoms with E-state index in [1.807, 2.05) is 0 Å². The SMILES string of the molecule is OCC1(NCC2CC2)C2CCC1Cc1ccccc1C2. The van der Waals surface area contributed by atoms with Gasteiger partial charge in [0.05, 0.1) is 6.61 Å². The van der Waals surface area contributed by atoms with Crippen molar-refractivity contribution in [3.63, 3.8) is 0 Å². The Morgan fingerprint density at radius 3 is 2.10 bits per heavy atom. The number of aliphatic hydroxyl groups excluding tert-OH is 1. The van der Waals surface area contributed by atoms with Gasteiger partial charge in [-0.1, -0.05) is 24.3 Å². The van der Waals surface area contributed by atoms with Crippen LogP contribution in [0.1, 0.15) is 36.8 Å². The highest BCUT2D eigenvalue weighted by molar-refractivity contribution is 5.32. The van der Waals surface area contributed by atoms with Crippen molar-refractivity contribution in [2.24, 2.45) is 17.8 Å². The van der Waals surface area contributed by atoms with Crippen LogP contribution in [0.2, 0.25) is 0 Å². The molecule has 0 heterocycles. The molecular formula is C18H25NO. The van der Waals surface area contributed by atoms with Gasteiger partial charge in [-0.05, 0) is 74.0 Å². The lowest BCUT2D eigenvalue weighted by Gasteiger charge is -2.39. The molecule has 2 heteroatoms. The molecule has 2 atom stereocenters. The van der Waals surface area contributed by atoms with Crippen molar-refractivity contribution in [3.8, 4) is 0 Å². The molecule has 0 amide bonds. The summed E-state index contributed by atoms with van der Waals surface area (Å²) in [6, 6.07) is 8.91. The van der Waals surface area contributed by atoms with E-state index >= 15 is 0 Å². The van der Waals surface area contributed by atoms with Gasteiger partial charge in [-0.3, -0.25) is 0 Å². The zero-order valence-electron chi connectivity index (χ0n) is 12.1. The van der Waals surface area contributed by atoms with Crippen molar-refractivity contribution >= 4 is 0 Å². The van der Waals surface area contributed by atoms with Gasteiger partial charge in [-0.2, -0.15) is 0 Å². The maximum absolute atomic E-state index is 10.2. The van der Waals surface area contributed by atoms with Crippen LogP contribution in [0.5, 0.6) is 0 Å². The second kappa shape index (κ2) is 4.85. The first-order valence-electron chi connectivity index (χ1n) is 8.24. The lowest BCUT2D eigenvalue weighted by Crippen LogP contribution is -2.56. The molecule has 20 heavy (non-hydrogen) atoms. The second-order valence-electron chi connectivity index (χ2n) is 7.17. The Morgan fingerprint density at radius 2 is 1.60 bits per heavy atom. The normalized spacial score (nSPS) is 35.6. The molecule has 1 aromatic rings. The average molecular weight is 271 g/mol. The third-order valence-corrected chi connectivity index (χ3v) is 6.05. The van der Waals surface area contributed by atoms with Crippen LogP contribution in [0.25, 0.3) is 0 Å². The molecule has 0 radical (unpaired) electrons. The molecule has 1 aromatic carbocycles. The summed E-state index contributed by atoms with van der Waals surface area (Å²) in [4.78, 5) is 0. The van der Waals surface area contributed by atoms with E-state index in [1.54, 1.807) is 0 Å². The maximum Gasteiger partial charge on any atom is 0.0619 e. The summed E-state index contributed by atoms with van der Waals surface area (Å²) in [7, 11) is 0. The highest BCUT2D eigenvalue weighted by atomic mass is 16.3. The fraction of sp³-hybridized carbons (Fsp3) is 0.667. The third kappa shape index (κ3) is 2.01. The molecule has 2 unspecified atom stereocenters. The summed E-state index contributed by atoms with van der Waals surface area (Å²) in [5.41, 5.74) is 3.03. The van der Waals surface area contributed by atoms with E-state index in [0.717, 1.165) is 25.3 Å². The van der Waals surface area contributed by atoms with Crippen LogP contribution in [-0.4, -0.2) is 23.8 Å². The van der Waals surface area contributed by atoms with Gasteiger partial charge in [-0.15, -0.1) is 0 Å². The minimum Gasteiger partial charge on any atom is -0.394 e. The molecule has 2 fully saturated rings. The molecule has 2 N–H and O–H groups in total. The Kier molecular flexibility index (Phi) is 3.12. The molecule has 2 bridgehead atoms. The van der Waals surface area contributed by atoms with E-state index in [9.17, 15) is 5.11 Å². The van der Waals surface area contributed by atoms with Gasteiger partial charge in [0.15, 0.2) is 0 Å². The average Bonchev–Trinajstić information content (AvgIpc) is 3.23. The van der Waals surface area contributed by atoms with Gasteiger partial charge < -0.3 is 10.4 Å². The quantitative estimate of drug-likeness (QED) is 0.882. The molecule has 0 spiro atoms. The molecule has 0 aliphatic heterocycles. The monoisotopic (exact) mass is 271 g/mol. The van der Waals surface area contributed by atoms with Crippen LogP contribution in [0, 0.1) is 17.8 Å². The zero-order valence-corrected chi connectivity index (χ0v) is 12.1. The number of fused-ring (bicyclic) bond motifs is 3. The molecule has 2 nitrogen and oxygen atoms in total. The summed E-state index contributed by atoms with van der Waals surface area (Å²) in [6.45, 7) is 1.42. The first-order valence-corrected chi connectivity index (χ1v) is 8.24. The number of hydrogen-bond donors (Lipinski definition) is 2. The minimum atomic E-state index is -0.0123. The van der Waals surface area contributed by atoms with Gasteiger partial charge >= 0.3 is 0 Å². The predicted molar refractivity (Wildman–Crippen MR) is 80.6 cm³/mol. The van der Waals surface area contributed by atoms with Crippen LogP contribution in [0.3, 0.4) is 0 Å². The Bertz CT molecular complexity index is 461. The lowest BCUT2D eigenvalue weighted by atomic mass is 9.79. The zero-order chi connectivity index (χ0) is 13.6. The first-order chi connectivity index (χ1) is 9.82. The van der Waals surface area contributed by atoms with Crippen LogP contribution in [0.15, 0.2) is 24.3 Å². The smallest absolute Gasteiger partial charge is 0.0619 e. The Hall–Kier alpha value is -0.860. The standard InChI is InChI=1S/C18H25NO/c20-12-18(19-11-13-5-6-13)16-7-8-17(18)10-15-4-2-1-3-14(15)9-16/h1-4,13,16-17,19-20H,5-12H2. The van der Waals surface area contributed by atoms with Crippen molar-refractivity contribution < 1.29 is 5.11 Å². The molecule has 108 valence electrons. The summed E-state index contributed by atoms with van der Waals surface area (Å²) in [6.07, 6.45) is 7.60. The van der Waals surface area contributed by atoms with E-state index in [-0.39, 0.29) is 5.54 Å². The Balaban J connectivity index is 1.64. The van der Waals surface area contributed by atoms with Crippen molar-refractivity contribution in [2.45, 2.75) is 44.1 Å². The van der Waals surface area contributed by atoms with E-state index in [0.29, 0.717) is 18.4 Å². The van der Waals surface area contributed by atoms with Gasteiger partial charge in [0.2, 0.25) is 0 Å². The number of rotatable bonds is 4. The van der Waals surface area contributed by atoms with Gasteiger partial charge in [0, 0.05) is 5.54 Å². The fourth-order valence-corrected chi connectivity index (χ4v) is 4.56. The van der Waals surface area contributed by atoms with Crippen molar-refractivity contribution in [2.75, 3.05) is 13.2 Å². The number of benzene rings is 1. The van der Waals surface area contributed by atoms with E-state index < -0.39 is 0 Å². The van der Waals surface area contributed by atoms with Crippen LogP contribution < -0.4 is 5.32 Å². The van der Waals surface area contributed by atoms with Gasteiger partial charge in [0.1, 0.15) is 0 Å². The largest absolute Gasteiger partial charge is 0.394 e. The molecule has 4 rings (SSSR count). The molecule has 3 aliphatic carbocycles. The Labute approximate surface area is 121 Å². The van der Waals surface area contributed by atoms with Crippen molar-refractivity contribution in [1.82, 2.24) is 5.32 Å². The summed E-state index contributed by atoms with van der Waals surface area (Å²) in [5, 5.41) is 14.0. The highest BCUT2D eigenvalue weighted by Crippen LogP contribution is 2.47. The molecule has 2 saturated carbocycles. The number of nitrogens with one attached hydrogen (secondary N) is 1. The van der Waals surface area contributed by atoms with Crippen LogP contribution in [-0.2, 0) is 12.8 Å². The summed E-state index contributed by atoms with van der Waals surface area (Å²) < 4.78 is 0. The minimum absolute atomic E-state index is 0.0123. The van der Waals surface area contributed by atoms with Crippen LogP contribution >= 0.6 is 0 Å². The first kappa shape index (κ1) is 12.8. The predicted octanol–water partition coefficient (Wildman–Crippen LogP) is 2.54. The lowest BCUT2D eigenvalue weighted by molar-refractivity contribution is 0.0880. The maximum atomic E-state index is 10.2. The second-order valence-corrected chi connectivity index (χ2v) is 7.17. The fourth-order valence-electron chi connectivity index (χ4n) is 4.56. The molecule has 0 saturated heterocycles. The van der Waals surface area contributed by atoms with Crippen molar-refractivity contribution in [3.05, 3.63) is 35.4 Å². The number of hydrogen-bond acceptors (Lipinski definition) is 2. The van der Waals surface area contributed by atoms with Gasteiger partial charge in [-0.25, -0.2) is 0 Å². The highest BCUT2D eigenvalue weighted by Gasteiger charge is 2.51. The topological polar surface area (TPSA) is 32.3 Å². The molecule has 3 aliphatic rings. The Morgan fingerprint density at radius 1 is 1.00 bits per heavy atom. The van der Waals surface area contributed by atoms with Crippen LogP contribution in [0.4, 0.5) is 0 Å². The molecular weight excluding hydrogens is 246 g/mol.